The maximum atomic E-state index is 13.1. The zero-order valence-corrected chi connectivity index (χ0v) is 24.0. The van der Waals surface area contributed by atoms with Crippen molar-refractivity contribution < 1.29 is 60.5 Å². The number of hydrogen-bond donors (Lipinski definition) is 6. The van der Waals surface area contributed by atoms with Crippen molar-refractivity contribution in [1.29, 1.82) is 0 Å². The summed E-state index contributed by atoms with van der Waals surface area (Å²) >= 11 is 0. The third kappa shape index (κ3) is 11.1. The summed E-state index contributed by atoms with van der Waals surface area (Å²) in [5.41, 5.74) is 5.26. The van der Waals surface area contributed by atoms with Crippen LogP contribution in [0.25, 0.3) is 0 Å². The highest BCUT2D eigenvalue weighted by Gasteiger charge is 2.49. The number of nitrogens with one attached hydrogen (secondary N) is 3. The van der Waals surface area contributed by atoms with E-state index < -0.39 is 30.3 Å². The molecule has 5 aliphatic rings. The van der Waals surface area contributed by atoms with E-state index in [1.54, 1.807) is 6.92 Å². The van der Waals surface area contributed by atoms with Gasteiger partial charge in [0.15, 0.2) is 0 Å². The van der Waals surface area contributed by atoms with Crippen LogP contribution in [-0.4, -0.2) is 101 Å². The summed E-state index contributed by atoms with van der Waals surface area (Å²) < 4.78 is 63.5. The molecular weight excluding hydrogens is 608 g/mol. The van der Waals surface area contributed by atoms with Crippen molar-refractivity contribution in [3.63, 3.8) is 0 Å². The Labute approximate surface area is 249 Å². The molecule has 1 saturated heterocycles. The van der Waals surface area contributed by atoms with Crippen molar-refractivity contribution in [2.45, 2.75) is 82.3 Å². The minimum Gasteiger partial charge on any atom is -0.475 e. The molecule has 1 aliphatic heterocycles. The molecular formula is C26H39F6N5O7. The summed E-state index contributed by atoms with van der Waals surface area (Å²) in [6.45, 7) is 3.49. The molecule has 3 amide bonds. The number of hydrogen-bond acceptors (Lipinski definition) is 7. The quantitative estimate of drug-likeness (QED) is 0.211. The lowest BCUT2D eigenvalue weighted by Crippen LogP contribution is -2.58. The van der Waals surface area contributed by atoms with Gasteiger partial charge in [-0.2, -0.15) is 26.3 Å². The number of carboxylic acids is 2. The molecule has 4 saturated carbocycles. The molecule has 0 spiro atoms. The van der Waals surface area contributed by atoms with Gasteiger partial charge in [-0.1, -0.05) is 0 Å². The molecule has 2 atom stereocenters. The predicted molar refractivity (Wildman–Crippen MR) is 141 cm³/mol. The third-order valence-electron chi connectivity index (χ3n) is 8.34. The molecule has 44 heavy (non-hydrogen) atoms. The van der Waals surface area contributed by atoms with E-state index in [1.165, 1.54) is 32.1 Å². The monoisotopic (exact) mass is 647 g/mol. The van der Waals surface area contributed by atoms with E-state index in [0.29, 0.717) is 31.0 Å². The van der Waals surface area contributed by atoms with E-state index in [-0.39, 0.29) is 30.3 Å². The fourth-order valence-corrected chi connectivity index (χ4v) is 6.65. The lowest BCUT2D eigenvalue weighted by Gasteiger charge is -2.54. The van der Waals surface area contributed by atoms with E-state index in [4.69, 9.17) is 25.5 Å². The highest BCUT2D eigenvalue weighted by atomic mass is 19.4. The van der Waals surface area contributed by atoms with Gasteiger partial charge in [0.1, 0.15) is 6.04 Å². The highest BCUT2D eigenvalue weighted by molar-refractivity contribution is 5.87. The van der Waals surface area contributed by atoms with Crippen LogP contribution in [0.1, 0.15) is 51.9 Å². The fourth-order valence-electron chi connectivity index (χ4n) is 6.65. The Bertz CT molecular complexity index is 990. The van der Waals surface area contributed by atoms with Gasteiger partial charge in [-0.15, -0.1) is 0 Å². The number of aliphatic carboxylic acids is 2. The Morgan fingerprint density at radius 3 is 1.80 bits per heavy atom. The van der Waals surface area contributed by atoms with Crippen LogP contribution < -0.4 is 21.7 Å². The van der Waals surface area contributed by atoms with E-state index in [2.05, 4.69) is 20.9 Å². The van der Waals surface area contributed by atoms with Gasteiger partial charge in [0, 0.05) is 19.1 Å². The van der Waals surface area contributed by atoms with Crippen molar-refractivity contribution in [3.05, 3.63) is 0 Å². The number of halogens is 6. The largest absolute Gasteiger partial charge is 0.490 e. The van der Waals surface area contributed by atoms with E-state index >= 15 is 0 Å². The van der Waals surface area contributed by atoms with Gasteiger partial charge in [-0.3, -0.25) is 19.3 Å². The standard InChI is InChI=1S/C22H37N5O3.2C2HF3O2/c1-13(25-19(28)12-23)21(29)24-4-6-27-5-2-3-18(27)22(30)26-20-16-8-14-7-15(10-16)11-17(20)9-14;2*3-2(4,5)1(6)7/h13-18,20H,2-12,23H2,1H3,(H,24,29)(H,25,28)(H,26,30);2*(H,6,7)/t13-,14?,15?,16?,17?,18+,20?;;/m0../s1. The summed E-state index contributed by atoms with van der Waals surface area (Å²) in [6.07, 6.45) is -1.64. The van der Waals surface area contributed by atoms with Gasteiger partial charge in [-0.05, 0) is 82.1 Å². The van der Waals surface area contributed by atoms with Crippen molar-refractivity contribution >= 4 is 29.7 Å². The van der Waals surface area contributed by atoms with Gasteiger partial charge in [0.2, 0.25) is 17.7 Å². The number of rotatable bonds is 8. The molecule has 4 bridgehead atoms. The number of likely N-dealkylation sites (tertiary alicyclic amines) is 1. The minimum atomic E-state index is -5.08. The lowest BCUT2D eigenvalue weighted by molar-refractivity contribution is -0.193. The van der Waals surface area contributed by atoms with Crippen molar-refractivity contribution in [1.82, 2.24) is 20.9 Å². The van der Waals surface area contributed by atoms with Crippen LogP contribution in [-0.2, 0) is 24.0 Å². The number of carbonyl (C=O) groups excluding carboxylic acids is 3. The third-order valence-corrected chi connectivity index (χ3v) is 8.34. The summed E-state index contributed by atoms with van der Waals surface area (Å²) in [6, 6.07) is -0.330. The van der Waals surface area contributed by atoms with Gasteiger partial charge >= 0.3 is 24.3 Å². The zero-order valence-electron chi connectivity index (χ0n) is 24.0. The molecule has 252 valence electrons. The molecule has 0 aromatic carbocycles. The Morgan fingerprint density at radius 1 is 0.886 bits per heavy atom. The molecule has 1 heterocycles. The first-order valence-electron chi connectivity index (χ1n) is 14.2. The SMILES string of the molecule is C[C@H](NC(=O)CN)C(=O)NCCN1CCC[C@@H]1C(=O)NC1C2CC3CC(C2)CC1C3.O=C(O)C(F)(F)F.O=C(O)C(F)(F)F. The molecule has 0 aromatic rings. The molecule has 5 fully saturated rings. The lowest BCUT2D eigenvalue weighted by atomic mass is 9.54. The summed E-state index contributed by atoms with van der Waals surface area (Å²) in [7, 11) is 0. The number of amides is 3. The van der Waals surface area contributed by atoms with Gasteiger partial charge < -0.3 is 31.9 Å². The van der Waals surface area contributed by atoms with Crippen LogP contribution >= 0.6 is 0 Å². The van der Waals surface area contributed by atoms with Crippen LogP contribution in [0.15, 0.2) is 0 Å². The molecule has 0 unspecified atom stereocenters. The molecule has 12 nitrogen and oxygen atoms in total. The molecule has 7 N–H and O–H groups in total. The van der Waals surface area contributed by atoms with Crippen LogP contribution in [0.4, 0.5) is 26.3 Å². The van der Waals surface area contributed by atoms with Gasteiger partial charge in [0.25, 0.3) is 0 Å². The number of carbonyl (C=O) groups is 5. The van der Waals surface area contributed by atoms with Crippen LogP contribution in [0.3, 0.4) is 0 Å². The number of carboxylic acid groups (broad SMARTS) is 2. The molecule has 4 aliphatic carbocycles. The van der Waals surface area contributed by atoms with Crippen molar-refractivity contribution in [2.24, 2.45) is 29.4 Å². The summed E-state index contributed by atoms with van der Waals surface area (Å²) in [5, 5.41) is 23.1. The van der Waals surface area contributed by atoms with Crippen LogP contribution in [0, 0.1) is 23.7 Å². The Balaban J connectivity index is 0.000000402. The Kier molecular flexibility index (Phi) is 13.2. The summed E-state index contributed by atoms with van der Waals surface area (Å²) in [4.78, 5) is 56.5. The second-order valence-electron chi connectivity index (χ2n) is 11.5. The number of nitrogens with two attached hydrogens (primary N) is 1. The summed E-state index contributed by atoms with van der Waals surface area (Å²) in [5.74, 6) is -2.73. The Morgan fingerprint density at radius 2 is 1.36 bits per heavy atom. The van der Waals surface area contributed by atoms with Gasteiger partial charge in [-0.25, -0.2) is 9.59 Å². The van der Waals surface area contributed by atoms with Crippen LogP contribution in [0.2, 0.25) is 0 Å². The number of alkyl halides is 6. The molecule has 0 radical (unpaired) electrons. The first-order chi connectivity index (χ1) is 20.3. The van der Waals surface area contributed by atoms with Crippen molar-refractivity contribution in [2.75, 3.05) is 26.2 Å². The van der Waals surface area contributed by atoms with E-state index in [0.717, 1.165) is 31.2 Å². The average Bonchev–Trinajstić information content (AvgIpc) is 3.38. The van der Waals surface area contributed by atoms with E-state index in [1.807, 2.05) is 0 Å². The van der Waals surface area contributed by atoms with Gasteiger partial charge in [0.05, 0.1) is 12.6 Å². The second kappa shape index (κ2) is 15.7. The van der Waals surface area contributed by atoms with Crippen LogP contribution in [0.5, 0.6) is 0 Å². The maximum Gasteiger partial charge on any atom is 0.490 e. The van der Waals surface area contributed by atoms with Crippen molar-refractivity contribution in [3.8, 4) is 0 Å². The second-order valence-corrected chi connectivity index (χ2v) is 11.5. The minimum absolute atomic E-state index is 0.0894. The highest BCUT2D eigenvalue weighted by Crippen LogP contribution is 2.53. The average molecular weight is 648 g/mol. The molecule has 18 heteroatoms. The smallest absolute Gasteiger partial charge is 0.475 e. The Hall–Kier alpha value is -3.15. The molecule has 5 rings (SSSR count). The van der Waals surface area contributed by atoms with E-state index in [9.17, 15) is 40.7 Å². The predicted octanol–water partition coefficient (Wildman–Crippen LogP) is 1.24. The fraction of sp³-hybridized carbons (Fsp3) is 0.808. The topological polar surface area (TPSA) is 191 Å². The normalized spacial score (nSPS) is 28.0. The number of nitrogens with zero attached hydrogens (tertiary/aromatic N) is 1. The first-order valence-corrected chi connectivity index (χ1v) is 14.2. The molecule has 0 aromatic heterocycles. The maximum absolute atomic E-state index is 13.1. The zero-order chi connectivity index (χ0) is 33.4. The first kappa shape index (κ1) is 37.0.